The molecule has 4 heteroatoms. The highest BCUT2D eigenvalue weighted by molar-refractivity contribution is 6.06. The van der Waals surface area contributed by atoms with Crippen molar-refractivity contribution in [1.82, 2.24) is 0 Å². The van der Waals surface area contributed by atoms with Crippen LogP contribution in [0, 0.1) is 0 Å². The third-order valence-electron chi connectivity index (χ3n) is 6.77. The zero-order valence-corrected chi connectivity index (χ0v) is 18.6. The molecule has 0 heterocycles. The Hall–Kier alpha value is -1.84. The summed E-state index contributed by atoms with van der Waals surface area (Å²) in [5, 5.41) is 0. The normalized spacial score (nSPS) is 18.7. The molecule has 166 valence electrons. The van der Waals surface area contributed by atoms with E-state index >= 15 is 0 Å². The van der Waals surface area contributed by atoms with Crippen LogP contribution in [0.3, 0.4) is 0 Å². The van der Waals surface area contributed by atoms with Crippen molar-refractivity contribution in [3.8, 4) is 0 Å². The second kappa shape index (κ2) is 11.5. The second-order valence-corrected chi connectivity index (χ2v) is 9.06. The van der Waals surface area contributed by atoms with E-state index in [1.54, 1.807) is 0 Å². The number of unbranched alkanes of at least 4 members (excludes halogenated alkanes) is 2. The average Bonchev–Trinajstić information content (AvgIpc) is 2.78. The molecule has 0 unspecified atom stereocenters. The minimum Gasteiger partial charge on any atom is -0.461 e. The number of esters is 2. The predicted molar refractivity (Wildman–Crippen MR) is 118 cm³/mol. The Bertz CT molecular complexity index is 625. The molecule has 2 aliphatic carbocycles. The Morgan fingerprint density at radius 3 is 1.77 bits per heavy atom. The molecule has 4 nitrogen and oxygen atoms in total. The fourth-order valence-electron chi connectivity index (χ4n) is 4.90. The molecule has 0 amide bonds. The van der Waals surface area contributed by atoms with E-state index < -0.39 is 17.4 Å². The maximum atomic E-state index is 13.7. The van der Waals surface area contributed by atoms with Crippen LogP contribution < -0.4 is 0 Å². The molecule has 0 spiro atoms. The maximum Gasteiger partial charge on any atom is 0.328 e. The minimum absolute atomic E-state index is 0.0806. The molecular formula is C26H38O4. The molecule has 0 radical (unpaired) electrons. The lowest BCUT2D eigenvalue weighted by Gasteiger charge is -2.34. The topological polar surface area (TPSA) is 52.6 Å². The molecule has 2 fully saturated rings. The van der Waals surface area contributed by atoms with E-state index in [1.807, 2.05) is 30.3 Å². The molecule has 30 heavy (non-hydrogen) atoms. The molecule has 1 aromatic rings. The molecular weight excluding hydrogens is 376 g/mol. The first-order valence-corrected chi connectivity index (χ1v) is 12.1. The summed E-state index contributed by atoms with van der Waals surface area (Å²) >= 11 is 0. The molecule has 2 saturated carbocycles. The van der Waals surface area contributed by atoms with Crippen molar-refractivity contribution < 1.29 is 19.1 Å². The zero-order chi connectivity index (χ0) is 21.2. The summed E-state index contributed by atoms with van der Waals surface area (Å²) < 4.78 is 12.0. The van der Waals surface area contributed by atoms with Crippen molar-refractivity contribution >= 4 is 11.9 Å². The Balaban J connectivity index is 1.89. The molecule has 0 saturated heterocycles. The van der Waals surface area contributed by atoms with Gasteiger partial charge in [-0.2, -0.15) is 0 Å². The van der Waals surface area contributed by atoms with Gasteiger partial charge in [-0.15, -0.1) is 0 Å². The van der Waals surface area contributed by atoms with Crippen LogP contribution >= 0.6 is 0 Å². The Morgan fingerprint density at radius 2 is 1.30 bits per heavy atom. The van der Waals surface area contributed by atoms with Crippen molar-refractivity contribution in [3.63, 3.8) is 0 Å². The SMILES string of the molecule is CCCCCC(C(=O)OC1CCCCC1)(C(=O)OC1CCCCC1)c1ccccc1. The first kappa shape index (κ1) is 22.8. The lowest BCUT2D eigenvalue weighted by atomic mass is 9.75. The highest BCUT2D eigenvalue weighted by Crippen LogP contribution is 2.36. The number of hydrogen-bond donors (Lipinski definition) is 0. The van der Waals surface area contributed by atoms with Crippen molar-refractivity contribution in [1.29, 1.82) is 0 Å². The molecule has 3 rings (SSSR count). The van der Waals surface area contributed by atoms with Gasteiger partial charge < -0.3 is 9.47 Å². The summed E-state index contributed by atoms with van der Waals surface area (Å²) in [6.45, 7) is 2.13. The Labute approximate surface area is 181 Å². The van der Waals surface area contributed by atoms with Crippen LogP contribution in [0.15, 0.2) is 30.3 Å². The summed E-state index contributed by atoms with van der Waals surface area (Å²) in [6.07, 6.45) is 13.4. The van der Waals surface area contributed by atoms with Gasteiger partial charge in [0, 0.05) is 0 Å². The van der Waals surface area contributed by atoms with Gasteiger partial charge in [0.05, 0.1) is 0 Å². The fourth-order valence-corrected chi connectivity index (χ4v) is 4.90. The van der Waals surface area contributed by atoms with E-state index in [0.717, 1.165) is 70.6 Å². The van der Waals surface area contributed by atoms with Gasteiger partial charge in [0.1, 0.15) is 12.2 Å². The zero-order valence-electron chi connectivity index (χ0n) is 18.6. The van der Waals surface area contributed by atoms with E-state index in [1.165, 1.54) is 12.8 Å². The minimum atomic E-state index is -1.36. The summed E-state index contributed by atoms with van der Waals surface area (Å²) in [5.74, 6) is -0.810. The van der Waals surface area contributed by atoms with Crippen molar-refractivity contribution in [2.75, 3.05) is 0 Å². The summed E-state index contributed by atoms with van der Waals surface area (Å²) in [4.78, 5) is 27.4. The molecule has 0 bridgehead atoms. The number of hydrogen-bond acceptors (Lipinski definition) is 4. The van der Waals surface area contributed by atoms with Crippen molar-refractivity contribution in [2.45, 2.75) is 114 Å². The van der Waals surface area contributed by atoms with E-state index in [9.17, 15) is 9.59 Å². The van der Waals surface area contributed by atoms with Crippen LogP contribution in [0.1, 0.15) is 102 Å². The first-order chi connectivity index (χ1) is 14.7. The van der Waals surface area contributed by atoms with E-state index in [0.29, 0.717) is 12.0 Å². The fraction of sp³-hybridized carbons (Fsp3) is 0.692. The monoisotopic (exact) mass is 414 g/mol. The van der Waals surface area contributed by atoms with Crippen LogP contribution in [-0.2, 0) is 24.5 Å². The Morgan fingerprint density at radius 1 is 0.800 bits per heavy atom. The molecule has 2 aliphatic rings. The number of carbonyl (C=O) groups is 2. The first-order valence-electron chi connectivity index (χ1n) is 12.1. The predicted octanol–water partition coefficient (Wildman–Crippen LogP) is 6.26. The number of benzene rings is 1. The molecule has 0 atom stereocenters. The largest absolute Gasteiger partial charge is 0.461 e. The highest BCUT2D eigenvalue weighted by Gasteiger charge is 2.51. The summed E-state index contributed by atoms with van der Waals surface area (Å²) in [6, 6.07) is 9.48. The number of rotatable bonds is 9. The third kappa shape index (κ3) is 5.65. The van der Waals surface area contributed by atoms with Gasteiger partial charge in [-0.05, 0) is 63.4 Å². The van der Waals surface area contributed by atoms with E-state index in [2.05, 4.69) is 6.92 Å². The smallest absolute Gasteiger partial charge is 0.328 e. The lowest BCUT2D eigenvalue weighted by Crippen LogP contribution is -2.48. The van der Waals surface area contributed by atoms with Gasteiger partial charge in [0.25, 0.3) is 0 Å². The quantitative estimate of drug-likeness (QED) is 0.272. The molecule has 1 aromatic carbocycles. The van der Waals surface area contributed by atoms with Crippen LogP contribution in [0.4, 0.5) is 0 Å². The van der Waals surface area contributed by atoms with Gasteiger partial charge in [0.15, 0.2) is 5.41 Å². The van der Waals surface area contributed by atoms with Gasteiger partial charge in [0.2, 0.25) is 0 Å². The third-order valence-corrected chi connectivity index (χ3v) is 6.77. The van der Waals surface area contributed by atoms with Crippen LogP contribution in [0.2, 0.25) is 0 Å². The highest BCUT2D eigenvalue weighted by atomic mass is 16.6. The maximum absolute atomic E-state index is 13.7. The van der Waals surface area contributed by atoms with Crippen molar-refractivity contribution in [2.24, 2.45) is 0 Å². The average molecular weight is 415 g/mol. The van der Waals surface area contributed by atoms with Crippen LogP contribution in [0.25, 0.3) is 0 Å². The van der Waals surface area contributed by atoms with Gasteiger partial charge in [-0.25, -0.2) is 0 Å². The summed E-state index contributed by atoms with van der Waals surface area (Å²) in [7, 11) is 0. The second-order valence-electron chi connectivity index (χ2n) is 9.06. The molecule has 0 aromatic heterocycles. The van der Waals surface area contributed by atoms with Crippen LogP contribution in [0.5, 0.6) is 0 Å². The number of carbonyl (C=O) groups excluding carboxylic acids is 2. The van der Waals surface area contributed by atoms with Crippen LogP contribution in [-0.4, -0.2) is 24.1 Å². The molecule has 0 N–H and O–H groups in total. The van der Waals surface area contributed by atoms with Gasteiger partial charge >= 0.3 is 11.9 Å². The van der Waals surface area contributed by atoms with Gasteiger partial charge in [-0.3, -0.25) is 9.59 Å². The summed E-state index contributed by atoms with van der Waals surface area (Å²) in [5.41, 5.74) is -0.645. The standard InChI is InChI=1S/C26H38O4/c1-2-3-13-20-26(21-14-7-4-8-15-21,24(27)29-22-16-9-5-10-17-22)25(28)30-23-18-11-6-12-19-23/h4,7-8,14-15,22-23H,2-3,5-6,9-13,16-20H2,1H3. The lowest BCUT2D eigenvalue weighted by molar-refractivity contribution is -0.173. The number of ether oxygens (including phenoxy) is 2. The Kier molecular flexibility index (Phi) is 8.77. The van der Waals surface area contributed by atoms with E-state index in [-0.39, 0.29) is 12.2 Å². The van der Waals surface area contributed by atoms with E-state index in [4.69, 9.17) is 9.47 Å². The van der Waals surface area contributed by atoms with Crippen molar-refractivity contribution in [3.05, 3.63) is 35.9 Å². The van der Waals surface area contributed by atoms with Gasteiger partial charge in [-0.1, -0.05) is 69.4 Å². The molecule has 0 aliphatic heterocycles.